The van der Waals surface area contributed by atoms with E-state index in [0.29, 0.717) is 22.6 Å². The van der Waals surface area contributed by atoms with Gasteiger partial charge in [0.05, 0.1) is 12.7 Å². The van der Waals surface area contributed by atoms with Crippen LogP contribution < -0.4 is 15.2 Å². The highest BCUT2D eigenvalue weighted by molar-refractivity contribution is 7.13. The lowest BCUT2D eigenvalue weighted by molar-refractivity contribution is -0.119. The van der Waals surface area contributed by atoms with Crippen LogP contribution in [0.15, 0.2) is 60.0 Å². The van der Waals surface area contributed by atoms with Gasteiger partial charge in [-0.2, -0.15) is 0 Å². The largest absolute Gasteiger partial charge is 0.496 e. The Kier molecular flexibility index (Phi) is 6.84. The highest BCUT2D eigenvalue weighted by atomic mass is 32.1. The zero-order valence-electron chi connectivity index (χ0n) is 16.5. The summed E-state index contributed by atoms with van der Waals surface area (Å²) >= 11 is 1.53. The molecule has 1 amide bonds. The Balaban J connectivity index is 1.96. The van der Waals surface area contributed by atoms with Crippen LogP contribution in [0, 0.1) is 0 Å². The van der Waals surface area contributed by atoms with Crippen molar-refractivity contribution in [2.75, 3.05) is 13.7 Å². The molecule has 3 aromatic rings. The maximum absolute atomic E-state index is 12.5. The van der Waals surface area contributed by atoms with Crippen LogP contribution in [-0.2, 0) is 4.79 Å². The molecule has 2 aromatic carbocycles. The maximum Gasteiger partial charge on any atom is 0.335 e. The van der Waals surface area contributed by atoms with Gasteiger partial charge in [-0.3, -0.25) is 9.59 Å². The van der Waals surface area contributed by atoms with Crippen molar-refractivity contribution in [2.45, 2.75) is 0 Å². The standard InChI is InChI=1S/C23H19NO6S/c1-29-20-12-19(30-13-22(24)26)16(11-17(20)21-3-2-10-31-21)8-9-18(25)14-4-6-15(7-5-14)23(27)28/h2-12H,13H2,1H3,(H2,24,26)(H,27,28). The molecule has 3 N–H and O–H groups in total. The van der Waals surface area contributed by atoms with Crippen LogP contribution >= 0.6 is 11.3 Å². The quantitative estimate of drug-likeness (QED) is 0.388. The van der Waals surface area contributed by atoms with E-state index in [9.17, 15) is 14.4 Å². The van der Waals surface area contributed by atoms with Crippen LogP contribution in [-0.4, -0.2) is 36.5 Å². The molecule has 0 spiro atoms. The third-order valence-electron chi connectivity index (χ3n) is 4.32. The van der Waals surface area contributed by atoms with E-state index in [-0.39, 0.29) is 18.0 Å². The number of benzene rings is 2. The fourth-order valence-electron chi connectivity index (χ4n) is 2.81. The fraction of sp³-hybridized carbons (Fsp3) is 0.0870. The molecule has 0 aliphatic heterocycles. The van der Waals surface area contributed by atoms with Gasteiger partial charge in [-0.15, -0.1) is 11.3 Å². The average molecular weight is 437 g/mol. The van der Waals surface area contributed by atoms with Crippen molar-refractivity contribution in [3.63, 3.8) is 0 Å². The molecule has 158 valence electrons. The summed E-state index contributed by atoms with van der Waals surface area (Å²) in [4.78, 5) is 35.6. The van der Waals surface area contributed by atoms with Gasteiger partial charge in [0.1, 0.15) is 11.5 Å². The van der Waals surface area contributed by atoms with Gasteiger partial charge in [-0.05, 0) is 41.8 Å². The monoisotopic (exact) mass is 437 g/mol. The van der Waals surface area contributed by atoms with Crippen LogP contribution in [0.5, 0.6) is 11.5 Å². The smallest absolute Gasteiger partial charge is 0.335 e. The van der Waals surface area contributed by atoms with Crippen molar-refractivity contribution in [3.8, 4) is 21.9 Å². The Morgan fingerprint density at radius 2 is 1.77 bits per heavy atom. The first-order valence-electron chi connectivity index (χ1n) is 9.12. The first kappa shape index (κ1) is 21.8. The number of ketones is 1. The number of ether oxygens (including phenoxy) is 2. The minimum absolute atomic E-state index is 0.0958. The number of amides is 1. The second-order valence-corrected chi connectivity index (χ2v) is 7.35. The van der Waals surface area contributed by atoms with E-state index in [1.165, 1.54) is 48.8 Å². The van der Waals surface area contributed by atoms with Crippen molar-refractivity contribution in [1.82, 2.24) is 0 Å². The molecule has 8 heteroatoms. The lowest BCUT2D eigenvalue weighted by Crippen LogP contribution is -2.20. The van der Waals surface area contributed by atoms with Gasteiger partial charge < -0.3 is 20.3 Å². The lowest BCUT2D eigenvalue weighted by Gasteiger charge is -2.13. The van der Waals surface area contributed by atoms with Crippen LogP contribution in [0.25, 0.3) is 16.5 Å². The van der Waals surface area contributed by atoms with Gasteiger partial charge in [-0.1, -0.05) is 18.2 Å². The third kappa shape index (κ3) is 5.37. The summed E-state index contributed by atoms with van der Waals surface area (Å²) < 4.78 is 11.0. The highest BCUT2D eigenvalue weighted by Gasteiger charge is 2.14. The van der Waals surface area contributed by atoms with E-state index in [1.54, 1.807) is 18.2 Å². The van der Waals surface area contributed by atoms with E-state index in [1.807, 2.05) is 17.5 Å². The van der Waals surface area contributed by atoms with Crippen molar-refractivity contribution < 1.29 is 29.0 Å². The molecular weight excluding hydrogens is 418 g/mol. The molecule has 0 atom stereocenters. The zero-order valence-corrected chi connectivity index (χ0v) is 17.3. The van der Waals surface area contributed by atoms with Gasteiger partial charge in [0.2, 0.25) is 0 Å². The summed E-state index contributed by atoms with van der Waals surface area (Å²) in [5.41, 5.74) is 6.99. The predicted octanol–water partition coefficient (Wildman–Crippen LogP) is 3.88. The fourth-order valence-corrected chi connectivity index (χ4v) is 3.56. The number of hydrogen-bond acceptors (Lipinski definition) is 6. The number of carbonyl (C=O) groups excluding carboxylic acids is 2. The van der Waals surface area contributed by atoms with Crippen LogP contribution in [0.2, 0.25) is 0 Å². The van der Waals surface area contributed by atoms with E-state index in [2.05, 4.69) is 0 Å². The zero-order chi connectivity index (χ0) is 22.4. The van der Waals surface area contributed by atoms with Crippen molar-refractivity contribution in [1.29, 1.82) is 0 Å². The molecule has 0 fully saturated rings. The van der Waals surface area contributed by atoms with E-state index in [0.717, 1.165) is 10.4 Å². The van der Waals surface area contributed by atoms with Crippen LogP contribution in [0.3, 0.4) is 0 Å². The number of primary amides is 1. The molecule has 0 aliphatic carbocycles. The highest BCUT2D eigenvalue weighted by Crippen LogP contribution is 2.38. The molecule has 1 heterocycles. The summed E-state index contributed by atoms with van der Waals surface area (Å²) in [7, 11) is 1.53. The summed E-state index contributed by atoms with van der Waals surface area (Å²) in [6.07, 6.45) is 2.92. The number of hydrogen-bond donors (Lipinski definition) is 2. The maximum atomic E-state index is 12.5. The predicted molar refractivity (Wildman–Crippen MR) is 118 cm³/mol. The molecule has 0 saturated heterocycles. The van der Waals surface area contributed by atoms with E-state index in [4.69, 9.17) is 20.3 Å². The second-order valence-electron chi connectivity index (χ2n) is 6.40. The molecule has 0 radical (unpaired) electrons. The second kappa shape index (κ2) is 9.73. The molecule has 3 rings (SSSR count). The van der Waals surface area contributed by atoms with Crippen molar-refractivity contribution in [2.24, 2.45) is 5.73 Å². The minimum Gasteiger partial charge on any atom is -0.496 e. The number of nitrogens with two attached hydrogens (primary N) is 1. The number of rotatable bonds is 9. The Hall–Kier alpha value is -3.91. The van der Waals surface area contributed by atoms with Crippen molar-refractivity contribution >= 4 is 35.1 Å². The summed E-state index contributed by atoms with van der Waals surface area (Å²) in [5.74, 6) is -1.13. The van der Waals surface area contributed by atoms with E-state index < -0.39 is 11.9 Å². The number of aromatic carboxylic acids is 1. The molecular formula is C23H19NO6S. The number of carbonyl (C=O) groups is 3. The van der Waals surface area contributed by atoms with E-state index >= 15 is 0 Å². The average Bonchev–Trinajstić information content (AvgIpc) is 3.30. The topological polar surface area (TPSA) is 116 Å². The lowest BCUT2D eigenvalue weighted by atomic mass is 10.0. The number of carboxylic acid groups (broad SMARTS) is 1. The SMILES string of the molecule is COc1cc(OCC(N)=O)c(C=CC(=O)c2ccc(C(=O)O)cc2)cc1-c1cccs1. The summed E-state index contributed by atoms with van der Waals surface area (Å²) in [5, 5.41) is 10.9. The number of methoxy groups -OCH3 is 1. The Labute approximate surface area is 182 Å². The van der Waals surface area contributed by atoms with Gasteiger partial charge in [-0.25, -0.2) is 4.79 Å². The number of carboxylic acids is 1. The van der Waals surface area contributed by atoms with Gasteiger partial charge >= 0.3 is 5.97 Å². The summed E-state index contributed by atoms with van der Waals surface area (Å²) in [6.45, 7) is -0.326. The number of allylic oxidation sites excluding steroid dienone is 1. The molecule has 0 aliphatic rings. The molecule has 31 heavy (non-hydrogen) atoms. The van der Waals surface area contributed by atoms with Gasteiger partial charge in [0.25, 0.3) is 5.91 Å². The summed E-state index contributed by atoms with van der Waals surface area (Å²) in [6, 6.07) is 12.9. The Bertz CT molecular complexity index is 1130. The minimum atomic E-state index is -1.06. The van der Waals surface area contributed by atoms with Crippen molar-refractivity contribution in [3.05, 3.63) is 76.7 Å². The Morgan fingerprint density at radius 3 is 2.35 bits per heavy atom. The normalized spacial score (nSPS) is 10.7. The van der Waals surface area contributed by atoms with Crippen LogP contribution in [0.4, 0.5) is 0 Å². The molecule has 0 unspecified atom stereocenters. The molecule has 0 bridgehead atoms. The van der Waals surface area contributed by atoms with Gasteiger partial charge in [0, 0.05) is 27.6 Å². The molecule has 0 saturated carbocycles. The van der Waals surface area contributed by atoms with Crippen LogP contribution in [0.1, 0.15) is 26.3 Å². The molecule has 7 nitrogen and oxygen atoms in total. The first-order valence-corrected chi connectivity index (χ1v) is 9.99. The third-order valence-corrected chi connectivity index (χ3v) is 5.22. The number of thiophene rings is 1. The molecule has 1 aromatic heterocycles. The first-order chi connectivity index (χ1) is 14.9. The van der Waals surface area contributed by atoms with Gasteiger partial charge in [0.15, 0.2) is 12.4 Å². The Morgan fingerprint density at radius 1 is 1.06 bits per heavy atom.